The molecule has 1 aromatic rings. The van der Waals surface area contributed by atoms with Gasteiger partial charge in [0.1, 0.15) is 0 Å². The molecule has 4 heteroatoms. The summed E-state index contributed by atoms with van der Waals surface area (Å²) in [7, 11) is 1.97. The Morgan fingerprint density at radius 2 is 1.86 bits per heavy atom. The van der Waals surface area contributed by atoms with Crippen LogP contribution >= 0.6 is 12.4 Å². The molecule has 0 radical (unpaired) electrons. The summed E-state index contributed by atoms with van der Waals surface area (Å²) in [5.74, 6) is 0.971. The van der Waals surface area contributed by atoms with Gasteiger partial charge in [-0.25, -0.2) is 0 Å². The van der Waals surface area contributed by atoms with Gasteiger partial charge in [-0.15, -0.1) is 12.4 Å². The fourth-order valence-electron chi connectivity index (χ4n) is 3.74. The van der Waals surface area contributed by atoms with E-state index in [4.69, 9.17) is 0 Å². The third-order valence-electron chi connectivity index (χ3n) is 5.01. The number of halogens is 1. The molecule has 0 aromatic heterocycles. The summed E-state index contributed by atoms with van der Waals surface area (Å²) in [5.41, 5.74) is 2.65. The fourth-order valence-corrected chi connectivity index (χ4v) is 3.74. The Morgan fingerprint density at radius 3 is 2.59 bits per heavy atom. The molecule has 1 unspecified atom stereocenters. The SMILES string of the molecule is CN(CC1CCCCC1)C(=O)C1Cc2ccccc2CN1.Cl. The molecule has 1 amide bonds. The molecular formula is C18H27ClN2O. The van der Waals surface area contributed by atoms with E-state index >= 15 is 0 Å². The maximum atomic E-state index is 12.6. The second-order valence-corrected chi connectivity index (χ2v) is 6.63. The highest BCUT2D eigenvalue weighted by Crippen LogP contribution is 2.24. The number of benzene rings is 1. The van der Waals surface area contributed by atoms with E-state index < -0.39 is 0 Å². The molecule has 1 heterocycles. The van der Waals surface area contributed by atoms with Gasteiger partial charge in [-0.3, -0.25) is 4.79 Å². The van der Waals surface area contributed by atoms with E-state index in [1.165, 1.54) is 43.2 Å². The van der Waals surface area contributed by atoms with Crippen molar-refractivity contribution >= 4 is 18.3 Å². The first kappa shape index (κ1) is 17.3. The van der Waals surface area contributed by atoms with Crippen LogP contribution in [0.3, 0.4) is 0 Å². The fraction of sp³-hybridized carbons (Fsp3) is 0.611. The zero-order valence-corrected chi connectivity index (χ0v) is 14.2. The average Bonchev–Trinajstić information content (AvgIpc) is 2.54. The van der Waals surface area contributed by atoms with Crippen molar-refractivity contribution in [3.8, 4) is 0 Å². The van der Waals surface area contributed by atoms with Crippen molar-refractivity contribution in [2.75, 3.05) is 13.6 Å². The Balaban J connectivity index is 0.00000176. The lowest BCUT2D eigenvalue weighted by Crippen LogP contribution is -2.49. The van der Waals surface area contributed by atoms with Crippen LogP contribution in [0.5, 0.6) is 0 Å². The van der Waals surface area contributed by atoms with Gasteiger partial charge in [-0.05, 0) is 36.3 Å². The normalized spacial score (nSPS) is 21.6. The maximum Gasteiger partial charge on any atom is 0.239 e. The minimum atomic E-state index is -0.0477. The van der Waals surface area contributed by atoms with Gasteiger partial charge in [0.15, 0.2) is 0 Å². The maximum absolute atomic E-state index is 12.6. The summed E-state index contributed by atoms with van der Waals surface area (Å²) in [6, 6.07) is 8.38. The molecule has 1 atom stereocenters. The molecule has 122 valence electrons. The quantitative estimate of drug-likeness (QED) is 0.927. The van der Waals surface area contributed by atoms with Gasteiger partial charge >= 0.3 is 0 Å². The Bertz CT molecular complexity index is 500. The lowest BCUT2D eigenvalue weighted by Gasteiger charge is -2.32. The van der Waals surface area contributed by atoms with Gasteiger partial charge in [-0.2, -0.15) is 0 Å². The summed E-state index contributed by atoms with van der Waals surface area (Å²) >= 11 is 0. The Morgan fingerprint density at radius 1 is 1.18 bits per heavy atom. The van der Waals surface area contributed by atoms with Crippen molar-refractivity contribution in [2.24, 2.45) is 5.92 Å². The van der Waals surface area contributed by atoms with Crippen LogP contribution in [0.15, 0.2) is 24.3 Å². The lowest BCUT2D eigenvalue weighted by molar-refractivity contribution is -0.133. The van der Waals surface area contributed by atoms with E-state index in [2.05, 4.69) is 29.6 Å². The highest BCUT2D eigenvalue weighted by molar-refractivity contribution is 5.85. The number of carbonyl (C=O) groups excluding carboxylic acids is 1. The van der Waals surface area contributed by atoms with Crippen molar-refractivity contribution in [3.63, 3.8) is 0 Å². The zero-order valence-electron chi connectivity index (χ0n) is 13.4. The number of fused-ring (bicyclic) bond motifs is 1. The summed E-state index contributed by atoms with van der Waals surface area (Å²) < 4.78 is 0. The van der Waals surface area contributed by atoms with Crippen LogP contribution < -0.4 is 5.32 Å². The topological polar surface area (TPSA) is 32.3 Å². The second-order valence-electron chi connectivity index (χ2n) is 6.63. The number of amides is 1. The molecule has 1 aliphatic heterocycles. The predicted molar refractivity (Wildman–Crippen MR) is 92.2 cm³/mol. The molecule has 1 N–H and O–H groups in total. The zero-order chi connectivity index (χ0) is 14.7. The van der Waals surface area contributed by atoms with Crippen LogP contribution in [-0.4, -0.2) is 30.4 Å². The average molecular weight is 323 g/mol. The Kier molecular flexibility index (Phi) is 6.27. The van der Waals surface area contributed by atoms with Crippen molar-refractivity contribution in [1.29, 1.82) is 0 Å². The first-order valence-electron chi connectivity index (χ1n) is 8.29. The number of hydrogen-bond acceptors (Lipinski definition) is 2. The van der Waals surface area contributed by atoms with Crippen LogP contribution in [-0.2, 0) is 17.8 Å². The van der Waals surface area contributed by atoms with E-state index in [0.29, 0.717) is 5.92 Å². The Hall–Kier alpha value is -1.06. The summed E-state index contributed by atoms with van der Waals surface area (Å²) in [4.78, 5) is 14.6. The van der Waals surface area contributed by atoms with Crippen LogP contribution in [0, 0.1) is 5.92 Å². The van der Waals surface area contributed by atoms with Crippen LogP contribution in [0.25, 0.3) is 0 Å². The number of nitrogens with zero attached hydrogens (tertiary/aromatic N) is 1. The van der Waals surface area contributed by atoms with Crippen molar-refractivity contribution in [1.82, 2.24) is 10.2 Å². The molecular weight excluding hydrogens is 296 g/mol. The van der Waals surface area contributed by atoms with Crippen LogP contribution in [0.2, 0.25) is 0 Å². The molecule has 1 saturated carbocycles. The molecule has 3 nitrogen and oxygen atoms in total. The van der Waals surface area contributed by atoms with Gasteiger partial charge in [0, 0.05) is 20.1 Å². The van der Waals surface area contributed by atoms with Crippen molar-refractivity contribution in [2.45, 2.75) is 51.1 Å². The summed E-state index contributed by atoms with van der Waals surface area (Å²) in [6.45, 7) is 1.74. The van der Waals surface area contributed by atoms with Crippen LogP contribution in [0.4, 0.5) is 0 Å². The van der Waals surface area contributed by atoms with E-state index in [1.807, 2.05) is 11.9 Å². The molecule has 1 aliphatic carbocycles. The highest BCUT2D eigenvalue weighted by atomic mass is 35.5. The minimum absolute atomic E-state index is 0. The van der Waals surface area contributed by atoms with E-state index in [9.17, 15) is 4.79 Å². The number of rotatable bonds is 3. The third-order valence-corrected chi connectivity index (χ3v) is 5.01. The molecule has 1 fully saturated rings. The van der Waals surface area contributed by atoms with Crippen molar-refractivity contribution in [3.05, 3.63) is 35.4 Å². The largest absolute Gasteiger partial charge is 0.344 e. The standard InChI is InChI=1S/C18H26N2O.ClH/c1-20(13-14-7-3-2-4-8-14)18(21)17-11-15-9-5-6-10-16(15)12-19-17;/h5-6,9-10,14,17,19H,2-4,7-8,11-13H2,1H3;1H. The lowest BCUT2D eigenvalue weighted by atomic mass is 9.88. The molecule has 0 spiro atoms. The van der Waals surface area contributed by atoms with E-state index in [0.717, 1.165) is 19.5 Å². The monoisotopic (exact) mass is 322 g/mol. The smallest absolute Gasteiger partial charge is 0.239 e. The molecule has 1 aromatic carbocycles. The van der Waals surface area contributed by atoms with Gasteiger partial charge in [0.25, 0.3) is 0 Å². The highest BCUT2D eigenvalue weighted by Gasteiger charge is 2.27. The molecule has 0 bridgehead atoms. The van der Waals surface area contributed by atoms with Gasteiger partial charge in [0.05, 0.1) is 6.04 Å². The summed E-state index contributed by atoms with van der Waals surface area (Å²) in [6.07, 6.45) is 7.44. The molecule has 0 saturated heterocycles. The van der Waals surface area contributed by atoms with Crippen LogP contribution in [0.1, 0.15) is 43.2 Å². The van der Waals surface area contributed by atoms with Crippen molar-refractivity contribution < 1.29 is 4.79 Å². The molecule has 3 rings (SSSR count). The molecule has 2 aliphatic rings. The van der Waals surface area contributed by atoms with Gasteiger partial charge in [-0.1, -0.05) is 43.5 Å². The number of nitrogens with one attached hydrogen (secondary N) is 1. The van der Waals surface area contributed by atoms with E-state index in [1.54, 1.807) is 0 Å². The van der Waals surface area contributed by atoms with E-state index in [-0.39, 0.29) is 24.4 Å². The minimum Gasteiger partial charge on any atom is -0.344 e. The van der Waals surface area contributed by atoms with Gasteiger partial charge in [0.2, 0.25) is 5.91 Å². The summed E-state index contributed by atoms with van der Waals surface area (Å²) in [5, 5.41) is 3.40. The number of likely N-dealkylation sites (N-methyl/N-ethyl adjacent to an activating group) is 1. The first-order valence-corrected chi connectivity index (χ1v) is 8.29. The first-order chi connectivity index (χ1) is 10.2. The van der Waals surface area contributed by atoms with Gasteiger partial charge < -0.3 is 10.2 Å². The predicted octanol–water partition coefficient (Wildman–Crippen LogP) is 3.16. The molecule has 22 heavy (non-hydrogen) atoms. The Labute approximate surface area is 139 Å². The second kappa shape index (κ2) is 7.98. The number of hydrogen-bond donors (Lipinski definition) is 1. The number of carbonyl (C=O) groups is 1. The third kappa shape index (κ3) is 4.02.